The zero-order valence-electron chi connectivity index (χ0n) is 16.6. The molecule has 0 aromatic heterocycles. The fourth-order valence-corrected chi connectivity index (χ4v) is 3.96. The van der Waals surface area contributed by atoms with Crippen molar-refractivity contribution in [2.75, 3.05) is 32.8 Å². The van der Waals surface area contributed by atoms with Crippen molar-refractivity contribution < 1.29 is 19.1 Å². The molecule has 29 heavy (non-hydrogen) atoms. The van der Waals surface area contributed by atoms with E-state index >= 15 is 0 Å². The van der Waals surface area contributed by atoms with Crippen LogP contribution in [0.4, 0.5) is 0 Å². The Hall–Kier alpha value is -2.70. The van der Waals surface area contributed by atoms with E-state index in [1.165, 1.54) is 11.1 Å². The van der Waals surface area contributed by atoms with E-state index in [9.17, 15) is 9.59 Å². The summed E-state index contributed by atoms with van der Waals surface area (Å²) in [5.74, 6) is -0.478. The van der Waals surface area contributed by atoms with Crippen LogP contribution in [0.5, 0.6) is 0 Å². The Morgan fingerprint density at radius 3 is 2.62 bits per heavy atom. The Labute approximate surface area is 170 Å². The largest absolute Gasteiger partial charge is 0.453 e. The lowest BCUT2D eigenvalue weighted by atomic mass is 10.0. The van der Waals surface area contributed by atoms with Crippen LogP contribution in [0.2, 0.25) is 0 Å². The van der Waals surface area contributed by atoms with E-state index < -0.39 is 6.10 Å². The predicted octanol–water partition coefficient (Wildman–Crippen LogP) is 2.79. The highest BCUT2D eigenvalue weighted by atomic mass is 16.5. The molecule has 2 atom stereocenters. The van der Waals surface area contributed by atoms with E-state index in [0.29, 0.717) is 25.3 Å². The number of benzene rings is 2. The number of nitrogens with zero attached hydrogens (tertiary/aromatic N) is 1. The van der Waals surface area contributed by atoms with E-state index in [-0.39, 0.29) is 24.3 Å². The van der Waals surface area contributed by atoms with Gasteiger partial charge in [0.1, 0.15) is 6.10 Å². The van der Waals surface area contributed by atoms with E-state index in [4.69, 9.17) is 9.47 Å². The predicted molar refractivity (Wildman–Crippen MR) is 109 cm³/mol. The first-order chi connectivity index (χ1) is 14.1. The average Bonchev–Trinajstić information content (AvgIpc) is 3.06. The van der Waals surface area contributed by atoms with Gasteiger partial charge in [-0.3, -0.25) is 9.69 Å². The molecule has 0 saturated carbocycles. The third kappa shape index (κ3) is 4.49. The highest BCUT2D eigenvalue weighted by Crippen LogP contribution is 2.32. The summed E-state index contributed by atoms with van der Waals surface area (Å²) in [4.78, 5) is 27.0. The van der Waals surface area contributed by atoms with Gasteiger partial charge in [0.25, 0.3) is 0 Å². The van der Waals surface area contributed by atoms with Crippen LogP contribution in [0.1, 0.15) is 45.6 Å². The zero-order valence-corrected chi connectivity index (χ0v) is 16.6. The van der Waals surface area contributed by atoms with Crippen molar-refractivity contribution in [3.8, 4) is 0 Å². The summed E-state index contributed by atoms with van der Waals surface area (Å²) in [6.45, 7) is 5.64. The second kappa shape index (κ2) is 8.76. The molecule has 2 aromatic carbocycles. The molecule has 4 rings (SSSR count). The van der Waals surface area contributed by atoms with Crippen LogP contribution in [0.25, 0.3) is 0 Å². The summed E-state index contributed by atoms with van der Waals surface area (Å²) in [5, 5.41) is 3.05. The standard InChI is InChI=1S/C23H26N2O4/c1-16-6-8-17(9-7-16)20(25-10-12-28-13-11-25)15-24-22(26)14-21-18-4-2-3-5-19(18)23(27)29-21/h2-9,20-21H,10-15H2,1H3,(H,24,26). The Morgan fingerprint density at radius 2 is 1.86 bits per heavy atom. The highest BCUT2D eigenvalue weighted by molar-refractivity contribution is 5.94. The quantitative estimate of drug-likeness (QED) is 0.763. The minimum Gasteiger partial charge on any atom is -0.453 e. The molecule has 152 valence electrons. The van der Waals surface area contributed by atoms with Gasteiger partial charge in [-0.05, 0) is 18.6 Å². The van der Waals surface area contributed by atoms with Crippen molar-refractivity contribution in [3.63, 3.8) is 0 Å². The van der Waals surface area contributed by atoms with Crippen LogP contribution in [0, 0.1) is 6.92 Å². The Bertz CT molecular complexity index is 875. The molecule has 6 nitrogen and oxygen atoms in total. The van der Waals surface area contributed by atoms with E-state index in [0.717, 1.165) is 18.7 Å². The summed E-state index contributed by atoms with van der Waals surface area (Å²) in [5.41, 5.74) is 3.72. The van der Waals surface area contributed by atoms with Crippen molar-refractivity contribution in [3.05, 3.63) is 70.8 Å². The molecular weight excluding hydrogens is 368 g/mol. The number of carbonyl (C=O) groups excluding carboxylic acids is 2. The number of fused-ring (bicyclic) bond motifs is 1. The molecule has 2 heterocycles. The van der Waals surface area contributed by atoms with Crippen molar-refractivity contribution in [1.82, 2.24) is 10.2 Å². The summed E-state index contributed by atoms with van der Waals surface area (Å²) in [6, 6.07) is 15.8. The summed E-state index contributed by atoms with van der Waals surface area (Å²) in [7, 11) is 0. The number of esters is 1. The van der Waals surface area contributed by atoms with E-state index in [1.54, 1.807) is 12.1 Å². The molecular formula is C23H26N2O4. The van der Waals surface area contributed by atoms with Gasteiger partial charge >= 0.3 is 5.97 Å². The zero-order chi connectivity index (χ0) is 20.2. The minimum atomic E-state index is -0.514. The third-order valence-corrected chi connectivity index (χ3v) is 5.59. The lowest BCUT2D eigenvalue weighted by molar-refractivity contribution is -0.123. The first-order valence-corrected chi connectivity index (χ1v) is 10.1. The lowest BCUT2D eigenvalue weighted by Gasteiger charge is -2.35. The molecule has 1 amide bonds. The molecule has 6 heteroatoms. The van der Waals surface area contributed by atoms with Gasteiger partial charge in [-0.1, -0.05) is 48.0 Å². The summed E-state index contributed by atoms with van der Waals surface area (Å²) < 4.78 is 10.9. The van der Waals surface area contributed by atoms with Gasteiger partial charge in [0.15, 0.2) is 0 Å². The molecule has 0 radical (unpaired) electrons. The first-order valence-electron chi connectivity index (χ1n) is 10.1. The highest BCUT2D eigenvalue weighted by Gasteiger charge is 2.32. The number of aryl methyl sites for hydroxylation is 1. The van der Waals surface area contributed by atoms with Gasteiger partial charge in [0.05, 0.1) is 31.2 Å². The number of carbonyl (C=O) groups is 2. The molecule has 0 spiro atoms. The molecule has 2 aromatic rings. The fraction of sp³-hybridized carbons (Fsp3) is 0.391. The Balaban J connectivity index is 1.41. The Morgan fingerprint density at radius 1 is 1.14 bits per heavy atom. The van der Waals surface area contributed by atoms with Crippen molar-refractivity contribution >= 4 is 11.9 Å². The fourth-order valence-electron chi connectivity index (χ4n) is 3.96. The van der Waals surface area contributed by atoms with Crippen LogP contribution < -0.4 is 5.32 Å². The van der Waals surface area contributed by atoms with E-state index in [2.05, 4.69) is 41.4 Å². The molecule has 1 saturated heterocycles. The number of nitrogens with one attached hydrogen (secondary N) is 1. The molecule has 1 fully saturated rings. The minimum absolute atomic E-state index is 0.0851. The summed E-state index contributed by atoms with van der Waals surface area (Å²) in [6.07, 6.45) is -0.383. The molecule has 2 unspecified atom stereocenters. The van der Waals surface area contributed by atoms with Gasteiger partial charge < -0.3 is 14.8 Å². The van der Waals surface area contributed by atoms with Crippen LogP contribution in [-0.2, 0) is 14.3 Å². The third-order valence-electron chi connectivity index (χ3n) is 5.59. The SMILES string of the molecule is Cc1ccc(C(CNC(=O)CC2OC(=O)c3ccccc32)N2CCOCC2)cc1. The number of morpholine rings is 1. The molecule has 1 N–H and O–H groups in total. The first kappa shape index (κ1) is 19.6. The number of amides is 1. The molecule has 2 aliphatic heterocycles. The molecule has 2 aliphatic rings. The second-order valence-electron chi connectivity index (χ2n) is 7.56. The number of hydrogen-bond donors (Lipinski definition) is 1. The van der Waals surface area contributed by atoms with Crippen molar-refractivity contribution in [2.45, 2.75) is 25.5 Å². The average molecular weight is 394 g/mol. The topological polar surface area (TPSA) is 67.9 Å². The van der Waals surface area contributed by atoms with Gasteiger partial charge in [0.2, 0.25) is 5.91 Å². The van der Waals surface area contributed by atoms with Crippen LogP contribution in [-0.4, -0.2) is 49.6 Å². The van der Waals surface area contributed by atoms with Crippen LogP contribution >= 0.6 is 0 Å². The Kier molecular flexibility index (Phi) is 5.92. The maximum Gasteiger partial charge on any atom is 0.339 e. The van der Waals surface area contributed by atoms with Gasteiger partial charge in [-0.2, -0.15) is 0 Å². The number of cyclic esters (lactones) is 1. The van der Waals surface area contributed by atoms with E-state index in [1.807, 2.05) is 12.1 Å². The number of ether oxygens (including phenoxy) is 2. The van der Waals surface area contributed by atoms with Crippen LogP contribution in [0.15, 0.2) is 48.5 Å². The second-order valence-corrected chi connectivity index (χ2v) is 7.56. The number of rotatable bonds is 6. The normalized spacial score (nSPS) is 20.0. The summed E-state index contributed by atoms with van der Waals surface area (Å²) >= 11 is 0. The molecule has 0 bridgehead atoms. The maximum atomic E-state index is 12.6. The van der Waals surface area contributed by atoms with Crippen molar-refractivity contribution in [2.24, 2.45) is 0 Å². The smallest absolute Gasteiger partial charge is 0.339 e. The van der Waals surface area contributed by atoms with Crippen molar-refractivity contribution in [1.29, 1.82) is 0 Å². The molecule has 0 aliphatic carbocycles. The van der Waals surface area contributed by atoms with Gasteiger partial charge in [-0.25, -0.2) is 4.79 Å². The van der Waals surface area contributed by atoms with Gasteiger partial charge in [0, 0.05) is 25.2 Å². The van der Waals surface area contributed by atoms with Gasteiger partial charge in [-0.15, -0.1) is 0 Å². The lowest BCUT2D eigenvalue weighted by Crippen LogP contribution is -2.44. The van der Waals surface area contributed by atoms with Crippen LogP contribution in [0.3, 0.4) is 0 Å². The monoisotopic (exact) mass is 394 g/mol. The number of hydrogen-bond acceptors (Lipinski definition) is 5. The maximum absolute atomic E-state index is 12.6.